The van der Waals surface area contributed by atoms with E-state index in [1.54, 1.807) is 18.2 Å². The number of anilines is 2. The minimum Gasteiger partial charge on any atom is -0.355 e. The molecule has 3 heterocycles. The Bertz CT molecular complexity index is 1960. The van der Waals surface area contributed by atoms with Crippen LogP contribution >= 0.6 is 0 Å². The van der Waals surface area contributed by atoms with Crippen molar-refractivity contribution in [3.8, 4) is 11.1 Å². The van der Waals surface area contributed by atoms with Crippen molar-refractivity contribution in [3.63, 3.8) is 0 Å². The average molecular weight is 677 g/mol. The Balaban J connectivity index is 1.20. The van der Waals surface area contributed by atoms with Gasteiger partial charge in [0.05, 0.1) is 0 Å². The fourth-order valence-electron chi connectivity index (χ4n) is 7.29. The van der Waals surface area contributed by atoms with E-state index < -0.39 is 23.7 Å². The smallest absolute Gasteiger partial charge is 0.355 e. The van der Waals surface area contributed by atoms with Crippen molar-refractivity contribution in [2.24, 2.45) is 0 Å². The number of fused-ring (bicyclic) bond motifs is 3. The number of allylic oxidation sites excluding steroid dienone is 6. The van der Waals surface area contributed by atoms with Gasteiger partial charge in [-0.1, -0.05) is 36.8 Å². The zero-order valence-electron chi connectivity index (χ0n) is 27.2. The fourth-order valence-corrected chi connectivity index (χ4v) is 7.29. The van der Waals surface area contributed by atoms with Gasteiger partial charge in [-0.3, -0.25) is 0 Å². The molecule has 1 aromatic heterocycles. The Morgan fingerprint density at radius 1 is 0.776 bits per heavy atom. The molecule has 1 aliphatic carbocycles. The molecule has 0 atom stereocenters. The predicted octanol–water partition coefficient (Wildman–Crippen LogP) is 10.5. The third kappa shape index (κ3) is 7.02. The lowest BCUT2D eigenvalue weighted by Gasteiger charge is -2.36. The summed E-state index contributed by atoms with van der Waals surface area (Å²) in [7, 11) is 0. The molecule has 1 saturated heterocycles. The summed E-state index contributed by atoms with van der Waals surface area (Å²) in [6.07, 6.45) is 1.28. The van der Waals surface area contributed by atoms with Crippen molar-refractivity contribution >= 4 is 27.9 Å². The first-order valence-corrected chi connectivity index (χ1v) is 16.8. The number of hydrogen-bond acceptors (Lipinski definition) is 3. The largest absolute Gasteiger partial charge is 0.431 e. The minimum atomic E-state index is -4.44. The van der Waals surface area contributed by atoms with Gasteiger partial charge in [-0.15, -0.1) is 0 Å². The van der Waals surface area contributed by atoms with Crippen molar-refractivity contribution in [2.75, 3.05) is 31.1 Å². The number of alkyl halides is 6. The fraction of sp³-hybridized carbons (Fsp3) is 0.333. The van der Waals surface area contributed by atoms with Gasteiger partial charge in [-0.05, 0) is 128 Å². The molecule has 256 valence electrons. The lowest BCUT2D eigenvalue weighted by atomic mass is 9.88. The number of piperidine rings is 1. The maximum atomic E-state index is 13.4. The van der Waals surface area contributed by atoms with Crippen LogP contribution in [0.3, 0.4) is 0 Å². The topological polar surface area (TPSA) is 34.3 Å². The Morgan fingerprint density at radius 3 is 2.10 bits per heavy atom. The highest BCUT2D eigenvalue weighted by Crippen LogP contribution is 2.42. The molecule has 0 amide bonds. The number of aromatic nitrogens is 1. The molecule has 0 spiro atoms. The third-order valence-electron chi connectivity index (χ3n) is 9.88. The van der Waals surface area contributed by atoms with Gasteiger partial charge < -0.3 is 20.1 Å². The molecule has 4 aromatic rings. The molecule has 0 unspecified atom stereocenters. The Labute approximate surface area is 281 Å². The highest BCUT2D eigenvalue weighted by atomic mass is 19.4. The number of hydrogen-bond donors (Lipinski definition) is 2. The van der Waals surface area contributed by atoms with Crippen molar-refractivity contribution < 1.29 is 26.3 Å². The van der Waals surface area contributed by atoms with Crippen LogP contribution in [0.1, 0.15) is 61.4 Å². The van der Waals surface area contributed by atoms with Crippen LogP contribution in [0.2, 0.25) is 0 Å². The van der Waals surface area contributed by atoms with E-state index in [9.17, 15) is 26.3 Å². The molecule has 1 fully saturated rings. The number of aromatic amines is 1. The maximum Gasteiger partial charge on any atom is 0.431 e. The number of H-pyrrole nitrogens is 1. The number of rotatable bonds is 7. The summed E-state index contributed by atoms with van der Waals surface area (Å²) in [5, 5.41) is 3.06. The lowest BCUT2D eigenvalue weighted by Crippen LogP contribution is -2.37. The Kier molecular flexibility index (Phi) is 8.85. The molecule has 2 aliphatic heterocycles. The van der Waals surface area contributed by atoms with E-state index in [-0.39, 0.29) is 0 Å². The first-order chi connectivity index (χ1) is 23.5. The molecule has 0 bridgehead atoms. The number of nitrogens with zero attached hydrogens (tertiary/aromatic N) is 2. The molecule has 3 aromatic carbocycles. The van der Waals surface area contributed by atoms with Crippen LogP contribution in [-0.4, -0.2) is 42.2 Å². The SMILES string of the molecule is C/C=C(\NC1=CC=C(c2ccc3c(c2)Cc2cc(-c4ccc5[nH]c(C(F)(F)F)cc5c4)ccc2N3CCN2CCCCC2)CC1)C(F)(F)F. The van der Waals surface area contributed by atoms with Gasteiger partial charge in [0.15, 0.2) is 0 Å². The second kappa shape index (κ2) is 13.1. The van der Waals surface area contributed by atoms with Gasteiger partial charge >= 0.3 is 12.4 Å². The number of halogens is 6. The van der Waals surface area contributed by atoms with E-state index in [0.29, 0.717) is 35.9 Å². The molecular weight excluding hydrogens is 638 g/mol. The predicted molar refractivity (Wildman–Crippen MR) is 184 cm³/mol. The van der Waals surface area contributed by atoms with Crippen molar-refractivity contribution in [3.05, 3.63) is 113 Å². The first-order valence-electron chi connectivity index (χ1n) is 16.8. The third-order valence-corrected chi connectivity index (χ3v) is 9.88. The standard InChI is InChI=1S/C39H38F6N4/c1-2-36(38(40,41)42)46-32-11-6-25(7-12-32)26-9-14-34-30(21-26)23-31-22-28(10-15-35(31)49(34)19-18-48-16-4-3-5-17-48)27-8-13-33-29(20-27)24-37(47-33)39(43,44)45/h2,6,8-11,13-15,20-22,24,46-47H,3-5,7,12,16-19,23H2,1H3/b36-2-. The van der Waals surface area contributed by atoms with E-state index >= 15 is 0 Å². The highest BCUT2D eigenvalue weighted by molar-refractivity contribution is 5.87. The summed E-state index contributed by atoms with van der Waals surface area (Å²) < 4.78 is 79.9. The van der Waals surface area contributed by atoms with Gasteiger partial charge in [-0.25, -0.2) is 0 Å². The zero-order chi connectivity index (χ0) is 34.3. The average Bonchev–Trinajstić information content (AvgIpc) is 3.53. The highest BCUT2D eigenvalue weighted by Gasteiger charge is 2.34. The Hall–Kier alpha value is -4.44. The van der Waals surface area contributed by atoms with Gasteiger partial charge in [0.25, 0.3) is 0 Å². The number of benzene rings is 3. The van der Waals surface area contributed by atoms with E-state index in [4.69, 9.17) is 0 Å². The van der Waals surface area contributed by atoms with Gasteiger partial charge in [0.2, 0.25) is 0 Å². The van der Waals surface area contributed by atoms with Crippen LogP contribution in [0.25, 0.3) is 27.6 Å². The number of nitrogens with one attached hydrogen (secondary N) is 2. The summed E-state index contributed by atoms with van der Waals surface area (Å²) >= 11 is 0. The second-order valence-electron chi connectivity index (χ2n) is 13.1. The quantitative estimate of drug-likeness (QED) is 0.191. The second-order valence-corrected chi connectivity index (χ2v) is 13.1. The molecule has 7 rings (SSSR count). The van der Waals surface area contributed by atoms with E-state index in [1.807, 2.05) is 18.2 Å². The monoisotopic (exact) mass is 676 g/mol. The molecule has 0 radical (unpaired) electrons. The van der Waals surface area contributed by atoms with E-state index in [0.717, 1.165) is 77.5 Å². The van der Waals surface area contributed by atoms with E-state index in [1.165, 1.54) is 31.7 Å². The normalized spacial score (nSPS) is 17.4. The van der Waals surface area contributed by atoms with Gasteiger partial charge in [0, 0.05) is 47.5 Å². The van der Waals surface area contributed by atoms with Crippen molar-refractivity contribution in [1.29, 1.82) is 0 Å². The summed E-state index contributed by atoms with van der Waals surface area (Å²) in [5.74, 6) is 0. The summed E-state index contributed by atoms with van der Waals surface area (Å²) in [6.45, 7) is 5.32. The summed E-state index contributed by atoms with van der Waals surface area (Å²) in [4.78, 5) is 7.38. The molecule has 4 nitrogen and oxygen atoms in total. The van der Waals surface area contributed by atoms with Gasteiger partial charge in [-0.2, -0.15) is 26.3 Å². The van der Waals surface area contributed by atoms with Crippen LogP contribution < -0.4 is 10.2 Å². The molecule has 3 aliphatic rings. The zero-order valence-corrected chi connectivity index (χ0v) is 27.2. The minimum absolute atomic E-state index is 0.441. The van der Waals surface area contributed by atoms with Crippen LogP contribution in [0.4, 0.5) is 37.7 Å². The molecule has 10 heteroatoms. The molecule has 49 heavy (non-hydrogen) atoms. The molecule has 0 saturated carbocycles. The van der Waals surface area contributed by atoms with Crippen LogP contribution in [0.15, 0.2) is 90.3 Å². The lowest BCUT2D eigenvalue weighted by molar-refractivity contribution is -0.140. The van der Waals surface area contributed by atoms with Gasteiger partial charge in [0.1, 0.15) is 11.4 Å². The van der Waals surface area contributed by atoms with E-state index in [2.05, 4.69) is 50.4 Å². The number of likely N-dealkylation sites (tertiary alicyclic amines) is 1. The van der Waals surface area contributed by atoms with Crippen molar-refractivity contribution in [2.45, 2.75) is 57.8 Å². The van der Waals surface area contributed by atoms with Crippen LogP contribution in [-0.2, 0) is 12.6 Å². The molecule has 2 N–H and O–H groups in total. The van der Waals surface area contributed by atoms with Crippen LogP contribution in [0, 0.1) is 0 Å². The Morgan fingerprint density at radius 2 is 1.45 bits per heavy atom. The summed E-state index contributed by atoms with van der Waals surface area (Å²) in [5.41, 5.74) is 7.93. The van der Waals surface area contributed by atoms with Crippen LogP contribution in [0.5, 0.6) is 0 Å². The maximum absolute atomic E-state index is 13.4. The summed E-state index contributed by atoms with van der Waals surface area (Å²) in [6, 6.07) is 19.3. The van der Waals surface area contributed by atoms with Crippen molar-refractivity contribution in [1.82, 2.24) is 15.2 Å². The first kappa shape index (κ1) is 33.1. The molecular formula is C39H38F6N4.